The van der Waals surface area contributed by atoms with E-state index in [1.807, 2.05) is 37.3 Å². The van der Waals surface area contributed by atoms with Crippen LogP contribution in [0.4, 0.5) is 5.82 Å². The summed E-state index contributed by atoms with van der Waals surface area (Å²) in [5, 5.41) is 1.61. The van der Waals surface area contributed by atoms with Crippen LogP contribution in [-0.4, -0.2) is 14.5 Å². The van der Waals surface area contributed by atoms with Crippen molar-refractivity contribution in [1.82, 2.24) is 14.5 Å². The number of rotatable bonds is 3. The lowest BCUT2D eigenvalue weighted by molar-refractivity contribution is 0.717. The van der Waals surface area contributed by atoms with E-state index in [4.69, 9.17) is 5.84 Å². The Labute approximate surface area is 121 Å². The molecule has 0 saturated carbocycles. The Kier molecular flexibility index (Phi) is 3.37. The number of aromatic nitrogens is 3. The maximum Gasteiger partial charge on any atom is 0.258 e. The number of fused-ring (bicyclic) bond motifs is 1. The molecular formula is C15H15N5O. The zero-order valence-corrected chi connectivity index (χ0v) is 11.6. The molecule has 2 aromatic heterocycles. The van der Waals surface area contributed by atoms with Crippen LogP contribution in [-0.2, 0) is 6.54 Å². The van der Waals surface area contributed by atoms with Crippen molar-refractivity contribution in [3.8, 4) is 0 Å². The van der Waals surface area contributed by atoms with Crippen molar-refractivity contribution >= 4 is 16.6 Å². The van der Waals surface area contributed by atoms with Crippen LogP contribution in [0.1, 0.15) is 11.5 Å². The molecule has 3 rings (SSSR count). The molecule has 6 heteroatoms. The van der Waals surface area contributed by atoms with E-state index < -0.39 is 0 Å². The van der Waals surface area contributed by atoms with Gasteiger partial charge in [0.25, 0.3) is 5.56 Å². The summed E-state index contributed by atoms with van der Waals surface area (Å²) in [7, 11) is 0. The number of pyridine rings is 1. The Bertz CT molecular complexity index is 856. The van der Waals surface area contributed by atoms with E-state index in [-0.39, 0.29) is 5.56 Å². The van der Waals surface area contributed by atoms with Gasteiger partial charge < -0.3 is 9.99 Å². The SMILES string of the molecule is Cc1cc(NN)nc(Cn2ccc3ccccc3c2=O)n1. The highest BCUT2D eigenvalue weighted by atomic mass is 16.1. The Morgan fingerprint density at radius 1 is 1.24 bits per heavy atom. The Balaban J connectivity index is 2.04. The predicted octanol–water partition coefficient (Wildman–Crippen LogP) is 1.43. The molecule has 0 radical (unpaired) electrons. The molecule has 3 aromatic rings. The fraction of sp³-hybridized carbons (Fsp3) is 0.133. The molecule has 0 aliphatic rings. The van der Waals surface area contributed by atoms with E-state index in [2.05, 4.69) is 15.4 Å². The van der Waals surface area contributed by atoms with Gasteiger partial charge in [-0.15, -0.1) is 0 Å². The topological polar surface area (TPSA) is 85.8 Å². The van der Waals surface area contributed by atoms with Crippen LogP contribution < -0.4 is 16.8 Å². The molecule has 3 N–H and O–H groups in total. The molecule has 0 saturated heterocycles. The van der Waals surface area contributed by atoms with Crippen LogP contribution in [0.5, 0.6) is 0 Å². The molecule has 0 aliphatic carbocycles. The van der Waals surface area contributed by atoms with Crippen molar-refractivity contribution in [1.29, 1.82) is 0 Å². The zero-order chi connectivity index (χ0) is 14.8. The van der Waals surface area contributed by atoms with E-state index in [1.165, 1.54) is 0 Å². The highest BCUT2D eigenvalue weighted by Gasteiger charge is 2.06. The summed E-state index contributed by atoms with van der Waals surface area (Å²) in [5.74, 6) is 6.45. The maximum absolute atomic E-state index is 12.4. The number of aryl methyl sites for hydroxylation is 1. The summed E-state index contributed by atoms with van der Waals surface area (Å²) in [6.45, 7) is 2.16. The van der Waals surface area contributed by atoms with E-state index >= 15 is 0 Å². The number of benzene rings is 1. The van der Waals surface area contributed by atoms with Crippen molar-refractivity contribution in [2.24, 2.45) is 5.84 Å². The van der Waals surface area contributed by atoms with Crippen LogP contribution in [0.15, 0.2) is 47.4 Å². The number of hydrogen-bond donors (Lipinski definition) is 2. The largest absolute Gasteiger partial charge is 0.308 e. The number of hydrogen-bond acceptors (Lipinski definition) is 5. The third-order valence-corrected chi connectivity index (χ3v) is 3.25. The number of nitrogens with one attached hydrogen (secondary N) is 1. The minimum Gasteiger partial charge on any atom is -0.308 e. The summed E-state index contributed by atoms with van der Waals surface area (Å²) in [6, 6.07) is 11.2. The molecular weight excluding hydrogens is 266 g/mol. The van der Waals surface area contributed by atoms with Gasteiger partial charge in [0.2, 0.25) is 0 Å². The van der Waals surface area contributed by atoms with Gasteiger partial charge in [0.1, 0.15) is 5.82 Å². The molecule has 0 spiro atoms. The standard InChI is InChI=1S/C15H15N5O/c1-10-8-13(19-16)18-14(17-10)9-20-7-6-11-4-2-3-5-12(11)15(20)21/h2-8H,9,16H2,1H3,(H,17,18,19). The first kappa shape index (κ1) is 13.3. The Hall–Kier alpha value is -2.73. The number of nitrogens with zero attached hydrogens (tertiary/aromatic N) is 3. The molecule has 0 fully saturated rings. The van der Waals surface area contributed by atoms with Gasteiger partial charge in [0, 0.05) is 23.3 Å². The lowest BCUT2D eigenvalue weighted by atomic mass is 10.2. The number of anilines is 1. The smallest absolute Gasteiger partial charge is 0.258 e. The first-order chi connectivity index (χ1) is 10.2. The summed E-state index contributed by atoms with van der Waals surface area (Å²) in [6.07, 6.45) is 1.76. The van der Waals surface area contributed by atoms with Crippen LogP contribution in [0.3, 0.4) is 0 Å². The fourth-order valence-electron chi connectivity index (χ4n) is 2.28. The second-order valence-corrected chi connectivity index (χ2v) is 4.79. The van der Waals surface area contributed by atoms with Gasteiger partial charge in [0.05, 0.1) is 6.54 Å². The molecule has 0 unspecified atom stereocenters. The quantitative estimate of drug-likeness (QED) is 0.560. The minimum absolute atomic E-state index is 0.0551. The molecule has 21 heavy (non-hydrogen) atoms. The highest BCUT2D eigenvalue weighted by Crippen LogP contribution is 2.09. The molecule has 1 aromatic carbocycles. The Morgan fingerprint density at radius 3 is 2.86 bits per heavy atom. The summed E-state index contributed by atoms with van der Waals surface area (Å²) in [4.78, 5) is 21.0. The average Bonchev–Trinajstić information content (AvgIpc) is 2.50. The van der Waals surface area contributed by atoms with Crippen molar-refractivity contribution < 1.29 is 0 Å². The van der Waals surface area contributed by atoms with Crippen LogP contribution in [0.25, 0.3) is 10.8 Å². The second kappa shape index (κ2) is 5.34. The van der Waals surface area contributed by atoms with Crippen molar-refractivity contribution in [2.45, 2.75) is 13.5 Å². The fourth-order valence-corrected chi connectivity index (χ4v) is 2.28. The van der Waals surface area contributed by atoms with Crippen molar-refractivity contribution in [3.05, 3.63) is 64.5 Å². The first-order valence-corrected chi connectivity index (χ1v) is 6.57. The maximum atomic E-state index is 12.4. The Morgan fingerprint density at radius 2 is 2.05 bits per heavy atom. The van der Waals surface area contributed by atoms with Gasteiger partial charge in [0.15, 0.2) is 5.82 Å². The second-order valence-electron chi connectivity index (χ2n) is 4.79. The molecule has 0 amide bonds. The number of nitrogen functional groups attached to an aromatic ring is 1. The number of nitrogens with two attached hydrogens (primary N) is 1. The van der Waals surface area contributed by atoms with E-state index in [0.717, 1.165) is 11.1 Å². The van der Waals surface area contributed by atoms with E-state index in [1.54, 1.807) is 16.8 Å². The van der Waals surface area contributed by atoms with Gasteiger partial charge in [-0.25, -0.2) is 15.8 Å². The molecule has 6 nitrogen and oxygen atoms in total. The minimum atomic E-state index is -0.0551. The number of hydrazine groups is 1. The predicted molar refractivity (Wildman–Crippen MR) is 81.9 cm³/mol. The molecule has 0 atom stereocenters. The van der Waals surface area contributed by atoms with Crippen molar-refractivity contribution in [3.63, 3.8) is 0 Å². The first-order valence-electron chi connectivity index (χ1n) is 6.57. The third kappa shape index (κ3) is 2.61. The van der Waals surface area contributed by atoms with Gasteiger partial charge >= 0.3 is 0 Å². The summed E-state index contributed by atoms with van der Waals surface area (Å²) < 4.78 is 1.59. The van der Waals surface area contributed by atoms with Gasteiger partial charge in [-0.2, -0.15) is 0 Å². The highest BCUT2D eigenvalue weighted by molar-refractivity contribution is 5.81. The van der Waals surface area contributed by atoms with Crippen LogP contribution >= 0.6 is 0 Å². The van der Waals surface area contributed by atoms with E-state index in [0.29, 0.717) is 23.6 Å². The molecule has 2 heterocycles. The molecule has 106 valence electrons. The lowest BCUT2D eigenvalue weighted by Gasteiger charge is -2.08. The third-order valence-electron chi connectivity index (χ3n) is 3.25. The van der Waals surface area contributed by atoms with Gasteiger partial charge in [-0.3, -0.25) is 4.79 Å². The van der Waals surface area contributed by atoms with Gasteiger partial charge in [-0.05, 0) is 24.4 Å². The summed E-state index contributed by atoms with van der Waals surface area (Å²) >= 11 is 0. The normalized spacial score (nSPS) is 10.8. The average molecular weight is 281 g/mol. The summed E-state index contributed by atoms with van der Waals surface area (Å²) in [5.41, 5.74) is 3.24. The molecule has 0 aliphatic heterocycles. The van der Waals surface area contributed by atoms with Crippen LogP contribution in [0, 0.1) is 6.92 Å². The monoisotopic (exact) mass is 281 g/mol. The lowest BCUT2D eigenvalue weighted by Crippen LogP contribution is -2.21. The van der Waals surface area contributed by atoms with Gasteiger partial charge in [-0.1, -0.05) is 18.2 Å². The van der Waals surface area contributed by atoms with E-state index in [9.17, 15) is 4.79 Å². The van der Waals surface area contributed by atoms with Crippen molar-refractivity contribution in [2.75, 3.05) is 5.43 Å². The zero-order valence-electron chi connectivity index (χ0n) is 11.6. The van der Waals surface area contributed by atoms with Crippen LogP contribution in [0.2, 0.25) is 0 Å². The molecule has 0 bridgehead atoms.